The molecule has 5 heteroatoms. The molecule has 0 aliphatic rings. The van der Waals surface area contributed by atoms with Gasteiger partial charge >= 0.3 is 0 Å². The molecule has 0 saturated carbocycles. The Bertz CT molecular complexity index is 418. The van der Waals surface area contributed by atoms with E-state index >= 15 is 0 Å². The van der Waals surface area contributed by atoms with Crippen LogP contribution >= 0.6 is 15.9 Å². The zero-order valence-corrected chi connectivity index (χ0v) is 9.48. The van der Waals surface area contributed by atoms with Crippen molar-refractivity contribution in [2.75, 3.05) is 0 Å². The highest BCUT2D eigenvalue weighted by Gasteiger charge is 2.02. The molecule has 14 heavy (non-hydrogen) atoms. The summed E-state index contributed by atoms with van der Waals surface area (Å²) in [6.45, 7) is 3.81. The van der Waals surface area contributed by atoms with Gasteiger partial charge in [-0.15, -0.1) is 0 Å². The smallest absolute Gasteiger partial charge is 0.0948 e. The average molecular weight is 255 g/mol. The Kier molecular flexibility index (Phi) is 2.67. The van der Waals surface area contributed by atoms with Gasteiger partial charge in [-0.1, -0.05) is 0 Å². The topological polar surface area (TPSA) is 35.6 Å². The molecule has 0 spiro atoms. The SMILES string of the molecule is CCn1cncc1Cn1cc(Br)cn1. The van der Waals surface area contributed by atoms with Gasteiger partial charge in [0.1, 0.15) is 0 Å². The summed E-state index contributed by atoms with van der Waals surface area (Å²) in [6, 6.07) is 0. The molecule has 0 aromatic carbocycles. The summed E-state index contributed by atoms with van der Waals surface area (Å²) in [5.41, 5.74) is 1.17. The summed E-state index contributed by atoms with van der Waals surface area (Å²) < 4.78 is 4.99. The Labute approximate surface area is 90.7 Å². The van der Waals surface area contributed by atoms with E-state index in [9.17, 15) is 0 Å². The van der Waals surface area contributed by atoms with Crippen molar-refractivity contribution in [2.24, 2.45) is 0 Å². The van der Waals surface area contributed by atoms with Crippen LogP contribution in [0.1, 0.15) is 12.6 Å². The predicted molar refractivity (Wildman–Crippen MR) is 56.9 cm³/mol. The lowest BCUT2D eigenvalue weighted by atomic mass is 10.4. The van der Waals surface area contributed by atoms with Crippen molar-refractivity contribution < 1.29 is 0 Å². The molecule has 0 bridgehead atoms. The third-order valence-corrected chi connectivity index (χ3v) is 2.47. The summed E-state index contributed by atoms with van der Waals surface area (Å²) in [7, 11) is 0. The van der Waals surface area contributed by atoms with E-state index in [1.54, 1.807) is 6.20 Å². The highest BCUT2D eigenvalue weighted by molar-refractivity contribution is 9.10. The summed E-state index contributed by atoms with van der Waals surface area (Å²) >= 11 is 3.37. The Balaban J connectivity index is 2.18. The van der Waals surface area contributed by atoms with E-state index in [1.165, 1.54) is 5.69 Å². The number of aromatic nitrogens is 4. The molecule has 0 fully saturated rings. The molecule has 2 heterocycles. The first kappa shape index (κ1) is 9.45. The van der Waals surface area contributed by atoms with Gasteiger partial charge in [0, 0.05) is 12.7 Å². The Hall–Kier alpha value is -1.10. The van der Waals surface area contributed by atoms with Crippen LogP contribution in [0.15, 0.2) is 29.4 Å². The van der Waals surface area contributed by atoms with Crippen LogP contribution in [0, 0.1) is 0 Å². The van der Waals surface area contributed by atoms with Gasteiger partial charge < -0.3 is 4.57 Å². The van der Waals surface area contributed by atoms with Crippen molar-refractivity contribution >= 4 is 15.9 Å². The minimum absolute atomic E-state index is 0.763. The van der Waals surface area contributed by atoms with Gasteiger partial charge in [0.15, 0.2) is 0 Å². The molecule has 0 N–H and O–H groups in total. The van der Waals surface area contributed by atoms with Crippen LogP contribution < -0.4 is 0 Å². The van der Waals surface area contributed by atoms with Crippen LogP contribution in [0.25, 0.3) is 0 Å². The van der Waals surface area contributed by atoms with Gasteiger partial charge in [-0.3, -0.25) is 4.68 Å². The number of imidazole rings is 1. The number of rotatable bonds is 3. The van der Waals surface area contributed by atoms with Crippen LogP contribution in [0.4, 0.5) is 0 Å². The van der Waals surface area contributed by atoms with Gasteiger partial charge in [0.2, 0.25) is 0 Å². The van der Waals surface area contributed by atoms with Crippen LogP contribution in [0.2, 0.25) is 0 Å². The first-order valence-corrected chi connectivity index (χ1v) is 5.26. The van der Waals surface area contributed by atoms with Gasteiger partial charge in [0.05, 0.1) is 35.4 Å². The number of aryl methyl sites for hydroxylation is 1. The molecule has 0 aliphatic carbocycles. The Morgan fingerprint density at radius 1 is 1.43 bits per heavy atom. The second-order valence-corrected chi connectivity index (χ2v) is 3.94. The van der Waals surface area contributed by atoms with E-state index in [-0.39, 0.29) is 0 Å². The fraction of sp³-hybridized carbons (Fsp3) is 0.333. The van der Waals surface area contributed by atoms with Crippen LogP contribution in [0.5, 0.6) is 0 Å². The van der Waals surface area contributed by atoms with Gasteiger partial charge in [0.25, 0.3) is 0 Å². The summed E-state index contributed by atoms with van der Waals surface area (Å²) in [4.78, 5) is 4.11. The third-order valence-electron chi connectivity index (χ3n) is 2.06. The first-order valence-electron chi connectivity index (χ1n) is 4.46. The van der Waals surface area contributed by atoms with Crippen LogP contribution in [-0.2, 0) is 13.1 Å². The molecule has 0 radical (unpaired) electrons. The van der Waals surface area contributed by atoms with Gasteiger partial charge in [-0.05, 0) is 22.9 Å². The summed E-state index contributed by atoms with van der Waals surface area (Å²) in [6.07, 6.45) is 7.45. The van der Waals surface area contributed by atoms with E-state index in [0.717, 1.165) is 17.6 Å². The fourth-order valence-corrected chi connectivity index (χ4v) is 1.68. The first-order chi connectivity index (χ1) is 6.79. The zero-order chi connectivity index (χ0) is 9.97. The second-order valence-electron chi connectivity index (χ2n) is 3.03. The molecule has 0 aliphatic heterocycles. The fourth-order valence-electron chi connectivity index (χ4n) is 1.36. The van der Waals surface area contributed by atoms with Gasteiger partial charge in [-0.2, -0.15) is 5.10 Å². The highest BCUT2D eigenvalue weighted by Crippen LogP contribution is 2.08. The predicted octanol–water partition coefficient (Wildman–Crippen LogP) is 1.91. The van der Waals surface area contributed by atoms with Crippen molar-refractivity contribution in [1.82, 2.24) is 19.3 Å². The van der Waals surface area contributed by atoms with E-state index < -0.39 is 0 Å². The average Bonchev–Trinajstić information content (AvgIpc) is 2.76. The molecule has 0 unspecified atom stereocenters. The second kappa shape index (κ2) is 3.96. The number of halogens is 1. The van der Waals surface area contributed by atoms with Crippen LogP contribution in [-0.4, -0.2) is 19.3 Å². The lowest BCUT2D eigenvalue weighted by molar-refractivity contribution is 0.622. The van der Waals surface area contributed by atoms with Gasteiger partial charge in [-0.25, -0.2) is 4.98 Å². The van der Waals surface area contributed by atoms with E-state index in [4.69, 9.17) is 0 Å². The van der Waals surface area contributed by atoms with E-state index in [0.29, 0.717) is 0 Å². The molecule has 2 aromatic heterocycles. The lowest BCUT2D eigenvalue weighted by Crippen LogP contribution is -2.06. The quantitative estimate of drug-likeness (QED) is 0.839. The molecule has 0 amide bonds. The molecular formula is C9H11BrN4. The lowest BCUT2D eigenvalue weighted by Gasteiger charge is -2.04. The Morgan fingerprint density at radius 2 is 2.29 bits per heavy atom. The maximum absolute atomic E-state index is 4.19. The van der Waals surface area contributed by atoms with Crippen LogP contribution in [0.3, 0.4) is 0 Å². The minimum atomic E-state index is 0.763. The monoisotopic (exact) mass is 254 g/mol. The molecular weight excluding hydrogens is 244 g/mol. The molecule has 4 nitrogen and oxygen atoms in total. The third kappa shape index (κ3) is 1.87. The maximum atomic E-state index is 4.19. The highest BCUT2D eigenvalue weighted by atomic mass is 79.9. The van der Waals surface area contributed by atoms with Crippen molar-refractivity contribution in [3.63, 3.8) is 0 Å². The zero-order valence-electron chi connectivity index (χ0n) is 7.89. The van der Waals surface area contributed by atoms with Crippen molar-refractivity contribution in [3.05, 3.63) is 35.1 Å². The molecule has 74 valence electrons. The van der Waals surface area contributed by atoms with Crippen molar-refractivity contribution in [1.29, 1.82) is 0 Å². The minimum Gasteiger partial charge on any atom is -0.333 e. The largest absolute Gasteiger partial charge is 0.333 e. The Morgan fingerprint density at radius 3 is 2.93 bits per heavy atom. The number of hydrogen-bond donors (Lipinski definition) is 0. The normalized spacial score (nSPS) is 10.7. The maximum Gasteiger partial charge on any atom is 0.0948 e. The molecule has 2 rings (SSSR count). The van der Waals surface area contributed by atoms with Crippen molar-refractivity contribution in [2.45, 2.75) is 20.0 Å². The summed E-state index contributed by atoms with van der Waals surface area (Å²) in [5.74, 6) is 0. The summed E-state index contributed by atoms with van der Waals surface area (Å²) in [5, 5.41) is 4.19. The van der Waals surface area contributed by atoms with Crippen molar-refractivity contribution in [3.8, 4) is 0 Å². The number of hydrogen-bond acceptors (Lipinski definition) is 2. The standard InChI is InChI=1S/C9H11BrN4/c1-2-13-7-11-4-9(13)6-14-5-8(10)3-12-14/h3-5,7H,2,6H2,1H3. The van der Waals surface area contributed by atoms with E-state index in [1.807, 2.05) is 23.4 Å². The molecule has 0 atom stereocenters. The molecule has 0 saturated heterocycles. The number of nitrogens with zero attached hydrogens (tertiary/aromatic N) is 4. The molecule has 2 aromatic rings. The van der Waals surface area contributed by atoms with E-state index in [2.05, 4.69) is 37.5 Å².